The predicted octanol–water partition coefficient (Wildman–Crippen LogP) is 3.34. The number of hydrogen-bond donors (Lipinski definition) is 2. The summed E-state index contributed by atoms with van der Waals surface area (Å²) in [6, 6.07) is 13.3. The van der Waals surface area contributed by atoms with E-state index in [1.165, 1.54) is 12.1 Å². The second-order valence-corrected chi connectivity index (χ2v) is 8.19. The van der Waals surface area contributed by atoms with Gasteiger partial charge in [-0.25, -0.2) is 8.42 Å². The van der Waals surface area contributed by atoms with Gasteiger partial charge in [0, 0.05) is 6.04 Å². The zero-order valence-electron chi connectivity index (χ0n) is 16.0. The Hall–Kier alpha value is -2.54. The van der Waals surface area contributed by atoms with Gasteiger partial charge in [-0.15, -0.1) is 0 Å². The normalized spacial score (nSPS) is 12.5. The topological polar surface area (TPSA) is 84.5 Å². The molecule has 0 radical (unpaired) electrons. The molecule has 0 unspecified atom stereocenters. The van der Waals surface area contributed by atoms with Gasteiger partial charge in [-0.2, -0.15) is 0 Å². The van der Waals surface area contributed by atoms with Crippen LogP contribution < -0.4 is 14.8 Å². The number of para-hydroxylation sites is 1. The Morgan fingerprint density at radius 3 is 2.26 bits per heavy atom. The zero-order valence-corrected chi connectivity index (χ0v) is 16.8. The summed E-state index contributed by atoms with van der Waals surface area (Å²) in [5.41, 5.74) is 1.49. The van der Waals surface area contributed by atoms with Crippen LogP contribution in [-0.4, -0.2) is 26.5 Å². The maximum absolute atomic E-state index is 12.6. The number of amides is 1. The second-order valence-electron chi connectivity index (χ2n) is 6.51. The molecular formula is C20H26N2O4S. The van der Waals surface area contributed by atoms with Crippen molar-refractivity contribution in [2.75, 3.05) is 4.72 Å². The fourth-order valence-electron chi connectivity index (χ4n) is 2.49. The monoisotopic (exact) mass is 390 g/mol. The number of nitrogens with one attached hydrogen (secondary N) is 2. The number of sulfonamides is 1. The van der Waals surface area contributed by atoms with Crippen LogP contribution in [0.1, 0.15) is 33.3 Å². The molecule has 146 valence electrons. The third kappa shape index (κ3) is 5.72. The van der Waals surface area contributed by atoms with Crippen LogP contribution in [0.2, 0.25) is 0 Å². The first-order chi connectivity index (χ1) is 12.7. The number of ether oxygens (including phenoxy) is 1. The summed E-state index contributed by atoms with van der Waals surface area (Å²) >= 11 is 0. The van der Waals surface area contributed by atoms with Gasteiger partial charge >= 0.3 is 0 Å². The minimum Gasteiger partial charge on any atom is -0.481 e. The molecule has 2 aromatic rings. The summed E-state index contributed by atoms with van der Waals surface area (Å²) in [5.74, 6) is 0.203. The van der Waals surface area contributed by atoms with E-state index in [9.17, 15) is 13.2 Å². The lowest BCUT2D eigenvalue weighted by molar-refractivity contribution is -0.127. The summed E-state index contributed by atoms with van der Waals surface area (Å²) in [4.78, 5) is 12.0. The van der Waals surface area contributed by atoms with E-state index >= 15 is 0 Å². The molecule has 0 fully saturated rings. The Labute approximate surface area is 161 Å². The van der Waals surface area contributed by atoms with Crippen LogP contribution in [0.25, 0.3) is 0 Å². The molecule has 0 spiro atoms. The molecule has 2 rings (SSSR count). The smallest absolute Gasteiger partial charge is 0.261 e. The van der Waals surface area contributed by atoms with Crippen molar-refractivity contribution in [3.63, 3.8) is 0 Å². The fourth-order valence-corrected chi connectivity index (χ4v) is 3.59. The molecule has 7 heteroatoms. The Morgan fingerprint density at radius 2 is 1.67 bits per heavy atom. The van der Waals surface area contributed by atoms with Crippen molar-refractivity contribution in [3.8, 4) is 5.75 Å². The number of carbonyl (C=O) groups excluding carboxylic acids is 1. The number of benzene rings is 2. The van der Waals surface area contributed by atoms with E-state index in [4.69, 9.17) is 4.74 Å². The molecule has 0 aliphatic rings. The van der Waals surface area contributed by atoms with Crippen LogP contribution in [0.5, 0.6) is 5.75 Å². The van der Waals surface area contributed by atoms with Crippen molar-refractivity contribution < 1.29 is 17.9 Å². The Morgan fingerprint density at radius 1 is 1.04 bits per heavy atom. The first kappa shape index (κ1) is 20.8. The van der Waals surface area contributed by atoms with Gasteiger partial charge in [-0.3, -0.25) is 9.52 Å². The van der Waals surface area contributed by atoms with Gasteiger partial charge in [0.2, 0.25) is 0 Å². The van der Waals surface area contributed by atoms with Crippen molar-refractivity contribution in [2.45, 2.75) is 51.2 Å². The molecule has 0 saturated heterocycles. The molecule has 2 N–H and O–H groups in total. The second kappa shape index (κ2) is 8.90. The van der Waals surface area contributed by atoms with Gasteiger partial charge in [0.1, 0.15) is 5.75 Å². The average molecular weight is 391 g/mol. The average Bonchev–Trinajstić information content (AvgIpc) is 2.61. The Kier molecular flexibility index (Phi) is 6.85. The van der Waals surface area contributed by atoms with Crippen molar-refractivity contribution >= 4 is 21.6 Å². The van der Waals surface area contributed by atoms with E-state index in [1.54, 1.807) is 31.2 Å². The van der Waals surface area contributed by atoms with Gasteiger partial charge in [0.25, 0.3) is 15.9 Å². The minimum atomic E-state index is -3.71. The lowest BCUT2D eigenvalue weighted by atomic mass is 10.1. The molecule has 0 bridgehead atoms. The minimum absolute atomic E-state index is 0.0214. The van der Waals surface area contributed by atoms with Gasteiger partial charge in [0.15, 0.2) is 6.10 Å². The maximum Gasteiger partial charge on any atom is 0.261 e. The van der Waals surface area contributed by atoms with Crippen molar-refractivity contribution in [1.82, 2.24) is 5.32 Å². The highest BCUT2D eigenvalue weighted by molar-refractivity contribution is 7.92. The van der Waals surface area contributed by atoms with E-state index < -0.39 is 16.1 Å². The number of anilines is 1. The van der Waals surface area contributed by atoms with E-state index in [0.29, 0.717) is 11.4 Å². The summed E-state index contributed by atoms with van der Waals surface area (Å²) < 4.78 is 33.4. The molecule has 1 atom stereocenters. The van der Waals surface area contributed by atoms with Crippen molar-refractivity contribution in [1.29, 1.82) is 0 Å². The molecule has 0 aliphatic carbocycles. The molecule has 2 aromatic carbocycles. The van der Waals surface area contributed by atoms with Gasteiger partial charge < -0.3 is 10.1 Å². The van der Waals surface area contributed by atoms with E-state index in [-0.39, 0.29) is 16.8 Å². The molecule has 27 heavy (non-hydrogen) atoms. The highest BCUT2D eigenvalue weighted by atomic mass is 32.2. The third-order valence-electron chi connectivity index (χ3n) is 3.89. The van der Waals surface area contributed by atoms with Gasteiger partial charge in [0.05, 0.1) is 10.6 Å². The van der Waals surface area contributed by atoms with Crippen molar-refractivity contribution in [2.24, 2.45) is 0 Å². The van der Waals surface area contributed by atoms with Gasteiger partial charge in [-0.05, 0) is 63.1 Å². The number of rotatable bonds is 8. The predicted molar refractivity (Wildman–Crippen MR) is 106 cm³/mol. The number of aryl methyl sites for hydroxylation is 1. The largest absolute Gasteiger partial charge is 0.481 e. The van der Waals surface area contributed by atoms with Gasteiger partial charge in [-0.1, -0.05) is 25.1 Å². The third-order valence-corrected chi connectivity index (χ3v) is 5.27. The highest BCUT2D eigenvalue weighted by Crippen LogP contribution is 2.22. The Balaban J connectivity index is 2.10. The number of hydrogen-bond acceptors (Lipinski definition) is 4. The lowest BCUT2D eigenvalue weighted by Crippen LogP contribution is -2.40. The fraction of sp³-hybridized carbons (Fsp3) is 0.350. The van der Waals surface area contributed by atoms with E-state index in [1.807, 2.05) is 32.9 Å². The molecule has 0 heterocycles. The first-order valence-corrected chi connectivity index (χ1v) is 10.4. The molecule has 0 aromatic heterocycles. The molecule has 1 amide bonds. The molecule has 0 aliphatic heterocycles. The van der Waals surface area contributed by atoms with Crippen LogP contribution in [-0.2, 0) is 21.2 Å². The summed E-state index contributed by atoms with van der Waals surface area (Å²) in [7, 11) is -3.71. The van der Waals surface area contributed by atoms with Crippen molar-refractivity contribution in [3.05, 3.63) is 54.1 Å². The van der Waals surface area contributed by atoms with Crippen LogP contribution >= 0.6 is 0 Å². The zero-order chi connectivity index (χ0) is 20.0. The lowest BCUT2D eigenvalue weighted by Gasteiger charge is -2.17. The molecule has 0 saturated carbocycles. The maximum atomic E-state index is 12.6. The molecular weight excluding hydrogens is 364 g/mol. The summed E-state index contributed by atoms with van der Waals surface area (Å²) in [5, 5.41) is 2.77. The summed E-state index contributed by atoms with van der Waals surface area (Å²) in [6.07, 6.45) is 0.0475. The van der Waals surface area contributed by atoms with E-state index in [2.05, 4.69) is 10.0 Å². The van der Waals surface area contributed by atoms with Crippen LogP contribution in [0.15, 0.2) is 53.4 Å². The van der Waals surface area contributed by atoms with Crippen LogP contribution in [0.3, 0.4) is 0 Å². The summed E-state index contributed by atoms with van der Waals surface area (Å²) in [6.45, 7) is 7.35. The standard InChI is InChI=1S/C20H26N2O4S/c1-5-16-8-6-7-9-19(16)22-27(24,25)18-12-10-17(11-13-18)26-15(4)20(23)21-14(2)3/h6-15,22H,5H2,1-4H3,(H,21,23)/t15-/m1/s1. The first-order valence-electron chi connectivity index (χ1n) is 8.90. The van der Waals surface area contributed by atoms with E-state index in [0.717, 1.165) is 12.0 Å². The SMILES string of the molecule is CCc1ccccc1NS(=O)(=O)c1ccc(O[C@H](C)C(=O)NC(C)C)cc1. The highest BCUT2D eigenvalue weighted by Gasteiger charge is 2.18. The number of carbonyl (C=O) groups is 1. The quantitative estimate of drug-likeness (QED) is 0.724. The Bertz CT molecular complexity index is 877. The van der Waals surface area contributed by atoms with Crippen LogP contribution in [0, 0.1) is 0 Å². The van der Waals surface area contributed by atoms with Crippen LogP contribution in [0.4, 0.5) is 5.69 Å². The molecule has 6 nitrogen and oxygen atoms in total.